The van der Waals surface area contributed by atoms with E-state index in [-0.39, 0.29) is 0 Å². The molecule has 0 saturated heterocycles. The molecule has 2 aromatic heterocycles. The fourth-order valence-electron chi connectivity index (χ4n) is 5.15. The minimum Gasteiger partial charge on any atom is -0.265 e. The molecule has 0 amide bonds. The molecule has 0 fully saturated rings. The SMILES string of the molecule is c1ccc(-c2nc3ccccc3nc2-c2ccc(-c3cccc4c(-c5ccncc5)cccc34)cc2)cc1. The van der Waals surface area contributed by atoms with Gasteiger partial charge in [0.05, 0.1) is 22.4 Å². The predicted molar refractivity (Wildman–Crippen MR) is 157 cm³/mol. The first kappa shape index (κ1) is 22.1. The summed E-state index contributed by atoms with van der Waals surface area (Å²) >= 11 is 0. The van der Waals surface area contributed by atoms with Gasteiger partial charge >= 0.3 is 0 Å². The third-order valence-electron chi connectivity index (χ3n) is 7.00. The highest BCUT2D eigenvalue weighted by molar-refractivity contribution is 6.04. The van der Waals surface area contributed by atoms with Crippen molar-refractivity contribution in [2.45, 2.75) is 0 Å². The maximum atomic E-state index is 5.05. The third-order valence-corrected chi connectivity index (χ3v) is 7.00. The van der Waals surface area contributed by atoms with Gasteiger partial charge in [-0.3, -0.25) is 4.98 Å². The maximum absolute atomic E-state index is 5.05. The van der Waals surface area contributed by atoms with Crippen molar-refractivity contribution in [3.05, 3.63) is 140 Å². The lowest BCUT2D eigenvalue weighted by Gasteiger charge is -2.13. The molecule has 38 heavy (non-hydrogen) atoms. The van der Waals surface area contributed by atoms with Gasteiger partial charge in [-0.1, -0.05) is 103 Å². The molecule has 2 heterocycles. The smallest absolute Gasteiger partial charge is 0.0973 e. The van der Waals surface area contributed by atoms with Crippen molar-refractivity contribution in [2.24, 2.45) is 0 Å². The zero-order valence-electron chi connectivity index (χ0n) is 20.6. The number of rotatable bonds is 4. The Morgan fingerprint density at radius 3 is 1.39 bits per heavy atom. The summed E-state index contributed by atoms with van der Waals surface area (Å²) in [5, 5.41) is 2.46. The molecule has 0 spiro atoms. The van der Waals surface area contributed by atoms with Gasteiger partial charge in [0.25, 0.3) is 0 Å². The summed E-state index contributed by atoms with van der Waals surface area (Å²) in [7, 11) is 0. The normalized spacial score (nSPS) is 11.2. The van der Waals surface area contributed by atoms with Crippen LogP contribution in [0.4, 0.5) is 0 Å². The fourth-order valence-corrected chi connectivity index (χ4v) is 5.15. The van der Waals surface area contributed by atoms with E-state index in [1.54, 1.807) is 0 Å². The molecule has 7 aromatic rings. The molecule has 0 radical (unpaired) electrons. The van der Waals surface area contributed by atoms with Crippen LogP contribution in [0.15, 0.2) is 140 Å². The number of hydrogen-bond acceptors (Lipinski definition) is 3. The number of fused-ring (bicyclic) bond motifs is 2. The third kappa shape index (κ3) is 3.91. The van der Waals surface area contributed by atoms with E-state index in [0.29, 0.717) is 0 Å². The van der Waals surface area contributed by atoms with Gasteiger partial charge in [0.15, 0.2) is 0 Å². The van der Waals surface area contributed by atoms with E-state index in [2.05, 4.69) is 89.9 Å². The Kier molecular flexibility index (Phi) is 5.45. The molecule has 3 heteroatoms. The average molecular weight is 486 g/mol. The zero-order chi connectivity index (χ0) is 25.3. The lowest BCUT2D eigenvalue weighted by molar-refractivity contribution is 1.29. The molecule has 0 aliphatic rings. The summed E-state index contributed by atoms with van der Waals surface area (Å²) in [5.41, 5.74) is 10.4. The summed E-state index contributed by atoms with van der Waals surface area (Å²) in [5.74, 6) is 0. The molecule has 5 aromatic carbocycles. The number of para-hydroxylation sites is 2. The number of nitrogens with zero attached hydrogens (tertiary/aromatic N) is 3. The van der Waals surface area contributed by atoms with Gasteiger partial charge in [0, 0.05) is 23.5 Å². The molecule has 0 saturated carbocycles. The van der Waals surface area contributed by atoms with Crippen LogP contribution < -0.4 is 0 Å². The van der Waals surface area contributed by atoms with Gasteiger partial charge in [0.2, 0.25) is 0 Å². The van der Waals surface area contributed by atoms with Crippen molar-refractivity contribution in [1.82, 2.24) is 15.0 Å². The Bertz CT molecular complexity index is 1890. The number of hydrogen-bond donors (Lipinski definition) is 0. The first-order valence-electron chi connectivity index (χ1n) is 12.7. The molecule has 0 aliphatic carbocycles. The molecule has 0 atom stereocenters. The van der Waals surface area contributed by atoms with Crippen LogP contribution in [0, 0.1) is 0 Å². The van der Waals surface area contributed by atoms with Crippen LogP contribution in [-0.4, -0.2) is 15.0 Å². The van der Waals surface area contributed by atoms with Crippen LogP contribution in [0.3, 0.4) is 0 Å². The minimum absolute atomic E-state index is 0.888. The Morgan fingerprint density at radius 2 is 0.816 bits per heavy atom. The maximum Gasteiger partial charge on any atom is 0.0973 e. The van der Waals surface area contributed by atoms with E-state index in [1.807, 2.05) is 54.9 Å². The van der Waals surface area contributed by atoms with Crippen LogP contribution in [-0.2, 0) is 0 Å². The van der Waals surface area contributed by atoms with Gasteiger partial charge in [0.1, 0.15) is 0 Å². The van der Waals surface area contributed by atoms with E-state index < -0.39 is 0 Å². The van der Waals surface area contributed by atoms with Crippen LogP contribution >= 0.6 is 0 Å². The van der Waals surface area contributed by atoms with Crippen LogP contribution in [0.1, 0.15) is 0 Å². The fraction of sp³-hybridized carbons (Fsp3) is 0. The molecule has 0 bridgehead atoms. The Balaban J connectivity index is 1.35. The second-order valence-electron chi connectivity index (χ2n) is 9.30. The van der Waals surface area contributed by atoms with Gasteiger partial charge < -0.3 is 0 Å². The van der Waals surface area contributed by atoms with Crippen LogP contribution in [0.5, 0.6) is 0 Å². The molecule has 178 valence electrons. The first-order valence-corrected chi connectivity index (χ1v) is 12.7. The predicted octanol–water partition coefficient (Wildman–Crippen LogP) is 8.85. The van der Waals surface area contributed by atoms with Gasteiger partial charge in [-0.2, -0.15) is 0 Å². The van der Waals surface area contributed by atoms with E-state index in [0.717, 1.165) is 33.5 Å². The summed E-state index contributed by atoms with van der Waals surface area (Å²) in [4.78, 5) is 14.2. The average Bonchev–Trinajstić information content (AvgIpc) is 3.01. The van der Waals surface area contributed by atoms with E-state index in [1.165, 1.54) is 33.0 Å². The van der Waals surface area contributed by atoms with Crippen LogP contribution in [0.25, 0.3) is 66.6 Å². The highest BCUT2D eigenvalue weighted by Gasteiger charge is 2.14. The lowest BCUT2D eigenvalue weighted by atomic mass is 9.92. The lowest BCUT2D eigenvalue weighted by Crippen LogP contribution is -1.95. The van der Waals surface area contributed by atoms with Crippen molar-refractivity contribution in [3.63, 3.8) is 0 Å². The number of benzene rings is 5. The summed E-state index contributed by atoms with van der Waals surface area (Å²) in [6, 6.07) is 44.2. The van der Waals surface area contributed by atoms with Gasteiger partial charge in [-0.05, 0) is 57.3 Å². The topological polar surface area (TPSA) is 38.7 Å². The number of pyridine rings is 1. The molecule has 7 rings (SSSR count). The summed E-state index contributed by atoms with van der Waals surface area (Å²) in [6.07, 6.45) is 3.69. The second kappa shape index (κ2) is 9.38. The summed E-state index contributed by atoms with van der Waals surface area (Å²) in [6.45, 7) is 0. The van der Waals surface area contributed by atoms with Crippen molar-refractivity contribution in [3.8, 4) is 44.8 Å². The van der Waals surface area contributed by atoms with Crippen molar-refractivity contribution < 1.29 is 0 Å². The van der Waals surface area contributed by atoms with Crippen molar-refractivity contribution >= 4 is 21.8 Å². The Hall–Kier alpha value is -5.15. The number of aromatic nitrogens is 3. The first-order chi connectivity index (χ1) is 18.8. The van der Waals surface area contributed by atoms with Crippen molar-refractivity contribution in [2.75, 3.05) is 0 Å². The quantitative estimate of drug-likeness (QED) is 0.250. The standard InChI is InChI=1S/C35H23N3/c1-2-8-26(9-3-1)34-35(38-33-15-5-4-14-32(33)37-34)27-18-16-24(17-19-27)28-10-6-13-31-29(11-7-12-30(28)31)25-20-22-36-23-21-25/h1-23H. The highest BCUT2D eigenvalue weighted by Crippen LogP contribution is 2.36. The van der Waals surface area contributed by atoms with E-state index in [4.69, 9.17) is 9.97 Å². The Morgan fingerprint density at radius 1 is 0.342 bits per heavy atom. The molecular formula is C35H23N3. The van der Waals surface area contributed by atoms with E-state index in [9.17, 15) is 0 Å². The van der Waals surface area contributed by atoms with Gasteiger partial charge in [-0.15, -0.1) is 0 Å². The molecule has 0 aliphatic heterocycles. The van der Waals surface area contributed by atoms with Gasteiger partial charge in [-0.25, -0.2) is 9.97 Å². The highest BCUT2D eigenvalue weighted by atomic mass is 14.8. The molecular weight excluding hydrogens is 462 g/mol. The second-order valence-corrected chi connectivity index (χ2v) is 9.30. The largest absolute Gasteiger partial charge is 0.265 e. The van der Waals surface area contributed by atoms with Crippen molar-refractivity contribution in [1.29, 1.82) is 0 Å². The zero-order valence-corrected chi connectivity index (χ0v) is 20.6. The minimum atomic E-state index is 0.888. The monoisotopic (exact) mass is 485 g/mol. The Labute approximate surface area is 221 Å². The molecule has 0 N–H and O–H groups in total. The molecule has 3 nitrogen and oxygen atoms in total. The molecule has 0 unspecified atom stereocenters. The van der Waals surface area contributed by atoms with Crippen LogP contribution in [0.2, 0.25) is 0 Å². The summed E-state index contributed by atoms with van der Waals surface area (Å²) < 4.78 is 0. The van der Waals surface area contributed by atoms with E-state index >= 15 is 0 Å².